The Hall–Kier alpha value is -1.72. The van der Waals surface area contributed by atoms with Crippen molar-refractivity contribution in [3.05, 3.63) is 23.9 Å². The molecule has 0 radical (unpaired) electrons. The normalized spacial score (nSPS) is 18.5. The summed E-state index contributed by atoms with van der Waals surface area (Å²) >= 11 is 0. The Bertz CT molecular complexity index is 610. The molecule has 0 aliphatic heterocycles. The van der Waals surface area contributed by atoms with Gasteiger partial charge < -0.3 is 9.09 Å². The van der Waals surface area contributed by atoms with Gasteiger partial charge in [0.05, 0.1) is 0 Å². The second kappa shape index (κ2) is 7.23. The van der Waals surface area contributed by atoms with E-state index in [2.05, 4.69) is 22.3 Å². The lowest BCUT2D eigenvalue weighted by atomic mass is 9.73. The Kier molecular flexibility index (Phi) is 5.08. The van der Waals surface area contributed by atoms with Crippen LogP contribution in [0.25, 0.3) is 0 Å². The van der Waals surface area contributed by atoms with E-state index in [0.717, 1.165) is 36.8 Å². The van der Waals surface area contributed by atoms with Gasteiger partial charge in [-0.3, -0.25) is 0 Å². The minimum atomic E-state index is 0.118. The van der Waals surface area contributed by atoms with Crippen LogP contribution in [0.3, 0.4) is 0 Å². The van der Waals surface area contributed by atoms with Crippen LogP contribution in [0.4, 0.5) is 0 Å². The Morgan fingerprint density at radius 2 is 1.87 bits per heavy atom. The van der Waals surface area contributed by atoms with Gasteiger partial charge in [-0.05, 0) is 19.3 Å². The molecule has 0 spiro atoms. The summed E-state index contributed by atoms with van der Waals surface area (Å²) < 4.78 is 7.47. The minimum Gasteiger partial charge on any atom is -0.339 e. The molecule has 1 aliphatic carbocycles. The molecule has 0 aromatic carbocycles. The molecule has 0 atom stereocenters. The average Bonchev–Trinajstić information content (AvgIpc) is 3.15. The third-order valence-corrected chi connectivity index (χ3v) is 5.30. The van der Waals surface area contributed by atoms with Crippen molar-refractivity contribution >= 4 is 0 Å². The second-order valence-corrected chi connectivity index (χ2v) is 6.77. The van der Waals surface area contributed by atoms with Crippen molar-refractivity contribution in [1.82, 2.24) is 24.9 Å². The average molecular weight is 317 g/mol. The SMILES string of the molecule is CCC1(c2noc(CCc3nncn3C)n2)CCCCCCC1. The molecule has 3 rings (SSSR count). The summed E-state index contributed by atoms with van der Waals surface area (Å²) in [5, 5.41) is 12.4. The first kappa shape index (κ1) is 16.1. The van der Waals surface area contributed by atoms with E-state index in [0.29, 0.717) is 0 Å². The quantitative estimate of drug-likeness (QED) is 0.845. The molecule has 2 aromatic rings. The fraction of sp³-hybridized carbons (Fsp3) is 0.765. The van der Waals surface area contributed by atoms with Crippen LogP contribution >= 0.6 is 0 Å². The van der Waals surface area contributed by atoms with Gasteiger partial charge in [0, 0.05) is 25.3 Å². The number of rotatable bonds is 5. The standard InChI is InChI=1S/C17H27N5O/c1-3-17(11-7-5-4-6-8-12-17)16-19-15(23-21-16)10-9-14-20-18-13-22(14)2/h13H,3-12H2,1-2H3. The van der Waals surface area contributed by atoms with Gasteiger partial charge in [-0.1, -0.05) is 44.2 Å². The van der Waals surface area contributed by atoms with Crippen LogP contribution in [-0.2, 0) is 25.3 Å². The van der Waals surface area contributed by atoms with Gasteiger partial charge >= 0.3 is 0 Å². The van der Waals surface area contributed by atoms with Crippen LogP contribution in [0.1, 0.15) is 75.8 Å². The molecule has 2 heterocycles. The van der Waals surface area contributed by atoms with Crippen LogP contribution in [-0.4, -0.2) is 24.9 Å². The maximum absolute atomic E-state index is 5.54. The summed E-state index contributed by atoms with van der Waals surface area (Å²) in [7, 11) is 1.95. The van der Waals surface area contributed by atoms with E-state index < -0.39 is 0 Å². The van der Waals surface area contributed by atoms with Crippen LogP contribution in [0.15, 0.2) is 10.9 Å². The summed E-state index contributed by atoms with van der Waals surface area (Å²) in [5.74, 6) is 2.59. The van der Waals surface area contributed by atoms with Crippen LogP contribution < -0.4 is 0 Å². The van der Waals surface area contributed by atoms with Gasteiger partial charge in [-0.15, -0.1) is 10.2 Å². The van der Waals surface area contributed by atoms with Gasteiger partial charge in [-0.2, -0.15) is 4.98 Å². The van der Waals surface area contributed by atoms with Crippen molar-refractivity contribution < 1.29 is 4.52 Å². The molecule has 2 aromatic heterocycles. The van der Waals surface area contributed by atoms with E-state index >= 15 is 0 Å². The number of hydrogen-bond acceptors (Lipinski definition) is 5. The molecule has 0 saturated heterocycles. The molecule has 0 amide bonds. The summed E-state index contributed by atoms with van der Waals surface area (Å²) in [4.78, 5) is 4.74. The zero-order chi connectivity index (χ0) is 16.1. The predicted octanol–water partition coefficient (Wildman–Crippen LogP) is 3.38. The summed E-state index contributed by atoms with van der Waals surface area (Å²) in [6, 6.07) is 0. The van der Waals surface area contributed by atoms with Gasteiger partial charge in [0.15, 0.2) is 5.82 Å². The zero-order valence-corrected chi connectivity index (χ0v) is 14.3. The monoisotopic (exact) mass is 317 g/mol. The molecule has 1 saturated carbocycles. The van der Waals surface area contributed by atoms with Crippen molar-refractivity contribution in [2.75, 3.05) is 0 Å². The van der Waals surface area contributed by atoms with Crippen LogP contribution in [0.2, 0.25) is 0 Å². The molecule has 0 unspecified atom stereocenters. The molecule has 6 heteroatoms. The van der Waals surface area contributed by atoms with E-state index in [1.54, 1.807) is 6.33 Å². The molecule has 126 valence electrons. The smallest absolute Gasteiger partial charge is 0.227 e. The third-order valence-electron chi connectivity index (χ3n) is 5.30. The Morgan fingerprint density at radius 3 is 2.52 bits per heavy atom. The van der Waals surface area contributed by atoms with E-state index in [4.69, 9.17) is 9.51 Å². The number of nitrogens with zero attached hydrogens (tertiary/aromatic N) is 5. The minimum absolute atomic E-state index is 0.118. The Labute approximate surface area is 137 Å². The van der Waals surface area contributed by atoms with Gasteiger partial charge in [0.1, 0.15) is 12.2 Å². The highest BCUT2D eigenvalue weighted by Gasteiger charge is 2.35. The zero-order valence-electron chi connectivity index (χ0n) is 14.3. The molecule has 23 heavy (non-hydrogen) atoms. The molecule has 0 N–H and O–H groups in total. The maximum Gasteiger partial charge on any atom is 0.227 e. The number of hydrogen-bond donors (Lipinski definition) is 0. The number of aryl methyl sites for hydroxylation is 3. The summed E-state index contributed by atoms with van der Waals surface area (Å²) in [6.45, 7) is 2.26. The van der Waals surface area contributed by atoms with E-state index in [9.17, 15) is 0 Å². The summed E-state index contributed by atoms with van der Waals surface area (Å²) in [6.07, 6.45) is 13.3. The fourth-order valence-corrected chi connectivity index (χ4v) is 3.64. The largest absolute Gasteiger partial charge is 0.339 e. The first-order valence-electron chi connectivity index (χ1n) is 8.89. The second-order valence-electron chi connectivity index (χ2n) is 6.77. The Morgan fingerprint density at radius 1 is 1.13 bits per heavy atom. The van der Waals surface area contributed by atoms with E-state index in [1.165, 1.54) is 44.9 Å². The lowest BCUT2D eigenvalue weighted by molar-refractivity contribution is 0.274. The molecular formula is C17H27N5O. The molecule has 6 nitrogen and oxygen atoms in total. The fourth-order valence-electron chi connectivity index (χ4n) is 3.64. The number of aromatic nitrogens is 5. The maximum atomic E-state index is 5.54. The molecule has 1 aliphatic rings. The Balaban J connectivity index is 1.70. The van der Waals surface area contributed by atoms with Crippen molar-refractivity contribution in [1.29, 1.82) is 0 Å². The molecule has 0 bridgehead atoms. The van der Waals surface area contributed by atoms with Crippen LogP contribution in [0, 0.1) is 0 Å². The molecule has 1 fully saturated rings. The van der Waals surface area contributed by atoms with Crippen LogP contribution in [0.5, 0.6) is 0 Å². The predicted molar refractivity (Wildman–Crippen MR) is 87.0 cm³/mol. The highest BCUT2D eigenvalue weighted by Crippen LogP contribution is 2.38. The van der Waals surface area contributed by atoms with Crippen molar-refractivity contribution in [3.63, 3.8) is 0 Å². The first-order chi connectivity index (χ1) is 11.2. The highest BCUT2D eigenvalue weighted by atomic mass is 16.5. The van der Waals surface area contributed by atoms with Gasteiger partial charge in [-0.25, -0.2) is 0 Å². The van der Waals surface area contributed by atoms with Crippen molar-refractivity contribution in [2.45, 2.75) is 76.5 Å². The van der Waals surface area contributed by atoms with Crippen molar-refractivity contribution in [2.24, 2.45) is 7.05 Å². The topological polar surface area (TPSA) is 69.6 Å². The van der Waals surface area contributed by atoms with Gasteiger partial charge in [0.2, 0.25) is 5.89 Å². The lowest BCUT2D eigenvalue weighted by Gasteiger charge is -2.31. The molecular weight excluding hydrogens is 290 g/mol. The highest BCUT2D eigenvalue weighted by molar-refractivity contribution is 5.07. The van der Waals surface area contributed by atoms with Gasteiger partial charge in [0.25, 0.3) is 0 Å². The summed E-state index contributed by atoms with van der Waals surface area (Å²) in [5.41, 5.74) is 0.118. The third kappa shape index (κ3) is 3.62. The first-order valence-corrected chi connectivity index (χ1v) is 8.89. The van der Waals surface area contributed by atoms with E-state index in [1.807, 2.05) is 11.6 Å². The lowest BCUT2D eigenvalue weighted by Crippen LogP contribution is -2.28. The van der Waals surface area contributed by atoms with E-state index in [-0.39, 0.29) is 5.41 Å². The van der Waals surface area contributed by atoms with Crippen molar-refractivity contribution in [3.8, 4) is 0 Å².